The number of halogens is 2. The van der Waals surface area contributed by atoms with Crippen LogP contribution in [0.3, 0.4) is 0 Å². The smallest absolute Gasteiger partial charge is 0.259 e. The van der Waals surface area contributed by atoms with Gasteiger partial charge in [0.25, 0.3) is 5.56 Å². The molecule has 0 radical (unpaired) electrons. The van der Waals surface area contributed by atoms with Crippen molar-refractivity contribution in [3.8, 4) is 0 Å². The monoisotopic (exact) mass is 322 g/mol. The molecule has 2 heterocycles. The molecule has 0 unspecified atom stereocenters. The average Bonchev–Trinajstić information content (AvgIpc) is 2.87. The van der Waals surface area contributed by atoms with Crippen molar-refractivity contribution < 1.29 is 0 Å². The summed E-state index contributed by atoms with van der Waals surface area (Å²) in [6.45, 7) is 0. The molecular formula is C14H8Cl2N2OS. The molecule has 3 rings (SSSR count). The maximum atomic E-state index is 11.8. The Labute approximate surface area is 128 Å². The van der Waals surface area contributed by atoms with E-state index in [1.165, 1.54) is 21.8 Å². The van der Waals surface area contributed by atoms with Crippen molar-refractivity contribution in [2.24, 2.45) is 0 Å². The minimum atomic E-state index is -0.110. The first-order chi connectivity index (χ1) is 9.65. The lowest BCUT2D eigenvalue weighted by atomic mass is 10.2. The molecule has 2 aromatic heterocycles. The summed E-state index contributed by atoms with van der Waals surface area (Å²) in [5.74, 6) is 0. The van der Waals surface area contributed by atoms with E-state index in [-0.39, 0.29) is 5.56 Å². The molecule has 0 fully saturated rings. The summed E-state index contributed by atoms with van der Waals surface area (Å²) in [4.78, 5) is 16.9. The van der Waals surface area contributed by atoms with Crippen molar-refractivity contribution in [1.82, 2.24) is 9.38 Å². The van der Waals surface area contributed by atoms with Gasteiger partial charge in [0.1, 0.15) is 0 Å². The standard InChI is InChI=1S/C14H8Cl2N2OS/c15-11-2-1-3-12(16)10(11)5-4-9-8-13(19)18-6-7-20-14(18)17-9/h1-8H. The lowest BCUT2D eigenvalue weighted by Gasteiger charge is -2.00. The molecule has 0 saturated carbocycles. The second-order valence-electron chi connectivity index (χ2n) is 4.04. The van der Waals surface area contributed by atoms with Gasteiger partial charge in [0.2, 0.25) is 0 Å². The van der Waals surface area contributed by atoms with E-state index in [2.05, 4.69) is 4.98 Å². The first kappa shape index (κ1) is 13.4. The maximum Gasteiger partial charge on any atom is 0.259 e. The van der Waals surface area contributed by atoms with Crippen molar-refractivity contribution in [2.45, 2.75) is 0 Å². The second-order valence-corrected chi connectivity index (χ2v) is 5.73. The van der Waals surface area contributed by atoms with Crippen LogP contribution in [0.25, 0.3) is 17.1 Å². The van der Waals surface area contributed by atoms with E-state index in [0.717, 1.165) is 0 Å². The predicted molar refractivity (Wildman–Crippen MR) is 84.7 cm³/mol. The van der Waals surface area contributed by atoms with Gasteiger partial charge in [-0.05, 0) is 24.3 Å². The highest BCUT2D eigenvalue weighted by molar-refractivity contribution is 7.15. The van der Waals surface area contributed by atoms with Gasteiger partial charge in [0, 0.05) is 33.3 Å². The summed E-state index contributed by atoms with van der Waals surface area (Å²) in [6, 6.07) is 6.78. The molecule has 0 spiro atoms. The van der Waals surface area contributed by atoms with Crippen LogP contribution in [-0.2, 0) is 0 Å². The summed E-state index contributed by atoms with van der Waals surface area (Å²) < 4.78 is 1.50. The Morgan fingerprint density at radius 3 is 2.70 bits per heavy atom. The number of hydrogen-bond acceptors (Lipinski definition) is 3. The Kier molecular flexibility index (Phi) is 3.61. The van der Waals surface area contributed by atoms with Crippen LogP contribution in [0.2, 0.25) is 10.0 Å². The Balaban J connectivity index is 2.04. The quantitative estimate of drug-likeness (QED) is 0.707. The summed E-state index contributed by atoms with van der Waals surface area (Å²) >= 11 is 13.6. The van der Waals surface area contributed by atoms with Crippen LogP contribution in [0.1, 0.15) is 11.3 Å². The van der Waals surface area contributed by atoms with Gasteiger partial charge in [-0.2, -0.15) is 0 Å². The first-order valence-electron chi connectivity index (χ1n) is 5.74. The topological polar surface area (TPSA) is 34.4 Å². The van der Waals surface area contributed by atoms with Crippen LogP contribution in [-0.4, -0.2) is 9.38 Å². The van der Waals surface area contributed by atoms with Gasteiger partial charge in [-0.25, -0.2) is 4.98 Å². The molecule has 0 atom stereocenters. The van der Waals surface area contributed by atoms with E-state index >= 15 is 0 Å². The van der Waals surface area contributed by atoms with Gasteiger partial charge in [0.05, 0.1) is 5.69 Å². The number of rotatable bonds is 2. The van der Waals surface area contributed by atoms with E-state index in [1.54, 1.807) is 36.5 Å². The summed E-state index contributed by atoms with van der Waals surface area (Å²) in [5.41, 5.74) is 1.18. The molecule has 0 aliphatic carbocycles. The number of fused-ring (bicyclic) bond motifs is 1. The zero-order chi connectivity index (χ0) is 14.1. The highest BCUT2D eigenvalue weighted by Gasteiger charge is 2.03. The molecule has 0 aliphatic rings. The summed E-state index contributed by atoms with van der Waals surface area (Å²) in [6.07, 6.45) is 5.19. The molecule has 0 bridgehead atoms. The fraction of sp³-hybridized carbons (Fsp3) is 0. The van der Waals surface area contributed by atoms with Crippen LogP contribution in [0.5, 0.6) is 0 Å². The molecule has 100 valence electrons. The molecule has 0 amide bonds. The molecule has 3 aromatic rings. The Morgan fingerprint density at radius 1 is 1.20 bits per heavy atom. The molecule has 0 N–H and O–H groups in total. The molecule has 0 saturated heterocycles. The van der Waals surface area contributed by atoms with Crippen LogP contribution >= 0.6 is 34.5 Å². The van der Waals surface area contributed by atoms with Crippen molar-refractivity contribution in [1.29, 1.82) is 0 Å². The fourth-order valence-electron chi connectivity index (χ4n) is 1.78. The highest BCUT2D eigenvalue weighted by atomic mass is 35.5. The minimum Gasteiger partial charge on any atom is -0.269 e. The first-order valence-corrected chi connectivity index (χ1v) is 7.38. The van der Waals surface area contributed by atoms with E-state index in [4.69, 9.17) is 23.2 Å². The second kappa shape index (κ2) is 5.40. The molecule has 0 aliphatic heterocycles. The predicted octanol–water partition coefficient (Wildman–Crippen LogP) is 4.23. The minimum absolute atomic E-state index is 0.110. The molecular weight excluding hydrogens is 315 g/mol. The molecule has 1 aromatic carbocycles. The van der Waals surface area contributed by atoms with Crippen molar-refractivity contribution in [3.05, 3.63) is 67.5 Å². The summed E-state index contributed by atoms with van der Waals surface area (Å²) in [7, 11) is 0. The van der Waals surface area contributed by atoms with Gasteiger partial charge in [-0.15, -0.1) is 11.3 Å². The average molecular weight is 323 g/mol. The summed E-state index contributed by atoms with van der Waals surface area (Å²) in [5, 5.41) is 2.94. The van der Waals surface area contributed by atoms with Gasteiger partial charge >= 0.3 is 0 Å². The third kappa shape index (κ3) is 2.50. The molecule has 3 nitrogen and oxygen atoms in total. The third-order valence-electron chi connectivity index (χ3n) is 2.74. The number of nitrogens with zero attached hydrogens (tertiary/aromatic N) is 2. The van der Waals surface area contributed by atoms with Gasteiger partial charge < -0.3 is 0 Å². The number of aromatic nitrogens is 2. The van der Waals surface area contributed by atoms with Crippen molar-refractivity contribution in [3.63, 3.8) is 0 Å². The Morgan fingerprint density at radius 2 is 1.95 bits per heavy atom. The number of hydrogen-bond donors (Lipinski definition) is 0. The molecule has 6 heteroatoms. The van der Waals surface area contributed by atoms with E-state index in [9.17, 15) is 4.79 Å². The fourth-order valence-corrected chi connectivity index (χ4v) is 3.03. The molecule has 20 heavy (non-hydrogen) atoms. The largest absolute Gasteiger partial charge is 0.269 e. The highest BCUT2D eigenvalue weighted by Crippen LogP contribution is 2.26. The Hall–Kier alpha value is -1.62. The van der Waals surface area contributed by atoms with Crippen LogP contribution in [0.4, 0.5) is 0 Å². The van der Waals surface area contributed by atoms with Gasteiger partial charge in [-0.1, -0.05) is 29.3 Å². The van der Waals surface area contributed by atoms with Gasteiger partial charge in [0.15, 0.2) is 4.96 Å². The lowest BCUT2D eigenvalue weighted by molar-refractivity contribution is 1.07. The maximum absolute atomic E-state index is 11.8. The third-order valence-corrected chi connectivity index (χ3v) is 4.16. The Bertz CT molecular complexity index is 847. The zero-order valence-corrected chi connectivity index (χ0v) is 12.4. The van der Waals surface area contributed by atoms with Crippen molar-refractivity contribution >= 4 is 51.7 Å². The van der Waals surface area contributed by atoms with Crippen LogP contribution in [0.15, 0.2) is 40.6 Å². The number of benzene rings is 1. The zero-order valence-electron chi connectivity index (χ0n) is 10.1. The van der Waals surface area contributed by atoms with E-state index in [0.29, 0.717) is 26.3 Å². The normalized spacial score (nSPS) is 11.5. The number of thiazole rings is 1. The van der Waals surface area contributed by atoms with Gasteiger partial charge in [-0.3, -0.25) is 9.20 Å². The van der Waals surface area contributed by atoms with Crippen LogP contribution < -0.4 is 5.56 Å². The van der Waals surface area contributed by atoms with E-state index in [1.807, 2.05) is 5.38 Å². The van der Waals surface area contributed by atoms with Crippen molar-refractivity contribution in [2.75, 3.05) is 0 Å². The SMILES string of the molecule is O=c1cc(C=Cc2c(Cl)cccc2Cl)nc2sccn12. The van der Waals surface area contributed by atoms with Crippen LogP contribution in [0, 0.1) is 0 Å². The van der Waals surface area contributed by atoms with E-state index < -0.39 is 0 Å². The lowest BCUT2D eigenvalue weighted by Crippen LogP contribution is -2.11.